The number of thiazole rings is 1. The highest BCUT2D eigenvalue weighted by Gasteiger charge is 2.21. The first-order chi connectivity index (χ1) is 10.3. The molecule has 114 valence electrons. The van der Waals surface area contributed by atoms with Crippen molar-refractivity contribution in [2.24, 2.45) is 14.1 Å². The molecule has 0 amide bonds. The Labute approximate surface area is 130 Å². The van der Waals surface area contributed by atoms with E-state index in [0.717, 1.165) is 21.3 Å². The number of nitrogens with zero attached hydrogens (tertiary/aromatic N) is 3. The van der Waals surface area contributed by atoms with Crippen LogP contribution in [0.5, 0.6) is 0 Å². The number of rotatable bonds is 2. The maximum absolute atomic E-state index is 11.8. The molecule has 0 aliphatic carbocycles. The Morgan fingerprint density at radius 3 is 2.55 bits per heavy atom. The van der Waals surface area contributed by atoms with Crippen LogP contribution in [-0.2, 0) is 14.1 Å². The molecule has 0 bridgehead atoms. The van der Waals surface area contributed by atoms with Crippen LogP contribution >= 0.6 is 11.3 Å². The third kappa shape index (κ3) is 1.97. The van der Waals surface area contributed by atoms with E-state index in [1.165, 1.54) is 16.0 Å². The number of aromatic nitrogens is 3. The molecule has 0 fully saturated rings. The van der Waals surface area contributed by atoms with Crippen LogP contribution in [0.4, 0.5) is 0 Å². The second-order valence-electron chi connectivity index (χ2n) is 5.31. The van der Waals surface area contributed by atoms with Gasteiger partial charge in [-0.3, -0.25) is 9.48 Å². The molecule has 1 aromatic carbocycles. The Kier molecular flexibility index (Phi) is 3.17. The van der Waals surface area contributed by atoms with E-state index in [0.29, 0.717) is 11.3 Å². The summed E-state index contributed by atoms with van der Waals surface area (Å²) in [6.07, 6.45) is 0. The lowest BCUT2D eigenvalue weighted by Crippen LogP contribution is -2.06. The van der Waals surface area contributed by atoms with Crippen molar-refractivity contribution in [2.75, 3.05) is 0 Å². The number of hydrogen-bond donors (Lipinski definition) is 1. The average Bonchev–Trinajstić information content (AvgIpc) is 2.86. The quantitative estimate of drug-likeness (QED) is 0.787. The molecule has 3 aromatic rings. The molecular formula is C15H15N3O3S. The SMILES string of the molecule is Cc1cc2sc(=O)n(C)c2cc1-c1nn(C)c(C(=O)O)c1C. The average molecular weight is 317 g/mol. The molecule has 0 saturated heterocycles. The van der Waals surface area contributed by atoms with Gasteiger partial charge in [-0.15, -0.1) is 0 Å². The van der Waals surface area contributed by atoms with E-state index in [1.54, 1.807) is 25.6 Å². The van der Waals surface area contributed by atoms with Gasteiger partial charge in [-0.25, -0.2) is 4.79 Å². The van der Waals surface area contributed by atoms with Gasteiger partial charge in [-0.05, 0) is 31.5 Å². The number of fused-ring (bicyclic) bond motifs is 1. The molecule has 1 N–H and O–H groups in total. The van der Waals surface area contributed by atoms with Crippen molar-refractivity contribution in [3.8, 4) is 11.3 Å². The zero-order valence-corrected chi connectivity index (χ0v) is 13.5. The minimum atomic E-state index is -1.000. The maximum Gasteiger partial charge on any atom is 0.354 e. The summed E-state index contributed by atoms with van der Waals surface area (Å²) in [5.41, 5.74) is 4.08. The molecule has 0 aliphatic rings. The Balaban J connectivity index is 2.33. The lowest BCUT2D eigenvalue weighted by molar-refractivity contribution is 0.0684. The first-order valence-electron chi connectivity index (χ1n) is 6.68. The van der Waals surface area contributed by atoms with Crippen molar-refractivity contribution < 1.29 is 9.90 Å². The van der Waals surface area contributed by atoms with Crippen LogP contribution in [0.3, 0.4) is 0 Å². The number of carboxylic acids is 1. The van der Waals surface area contributed by atoms with E-state index in [1.807, 2.05) is 19.1 Å². The lowest BCUT2D eigenvalue weighted by atomic mass is 10.0. The molecule has 2 heterocycles. The third-order valence-corrected chi connectivity index (χ3v) is 4.88. The van der Waals surface area contributed by atoms with E-state index in [4.69, 9.17) is 0 Å². The molecule has 0 unspecified atom stereocenters. The van der Waals surface area contributed by atoms with Crippen LogP contribution in [0.25, 0.3) is 21.5 Å². The number of hydrogen-bond acceptors (Lipinski definition) is 4. The van der Waals surface area contributed by atoms with Crippen molar-refractivity contribution in [1.82, 2.24) is 14.3 Å². The molecule has 0 saturated carbocycles. The molecule has 2 aromatic heterocycles. The van der Waals surface area contributed by atoms with Crippen LogP contribution in [0.1, 0.15) is 21.6 Å². The van der Waals surface area contributed by atoms with Crippen LogP contribution in [0, 0.1) is 13.8 Å². The topological polar surface area (TPSA) is 77.1 Å². The highest BCUT2D eigenvalue weighted by Crippen LogP contribution is 2.31. The fraction of sp³-hybridized carbons (Fsp3) is 0.267. The summed E-state index contributed by atoms with van der Waals surface area (Å²) in [5.74, 6) is -1.000. The van der Waals surface area contributed by atoms with Gasteiger partial charge in [0.05, 0.1) is 15.9 Å². The third-order valence-electron chi connectivity index (χ3n) is 3.88. The lowest BCUT2D eigenvalue weighted by Gasteiger charge is -2.05. The van der Waals surface area contributed by atoms with Gasteiger partial charge in [0, 0.05) is 25.2 Å². The van der Waals surface area contributed by atoms with Crippen LogP contribution < -0.4 is 4.87 Å². The van der Waals surface area contributed by atoms with E-state index >= 15 is 0 Å². The normalized spacial score (nSPS) is 11.3. The summed E-state index contributed by atoms with van der Waals surface area (Å²) < 4.78 is 3.89. The van der Waals surface area contributed by atoms with Crippen molar-refractivity contribution in [1.29, 1.82) is 0 Å². The molecule has 0 aliphatic heterocycles. The van der Waals surface area contributed by atoms with Gasteiger partial charge < -0.3 is 9.67 Å². The first kappa shape index (κ1) is 14.5. The molecule has 0 atom stereocenters. The molecule has 0 radical (unpaired) electrons. The van der Waals surface area contributed by atoms with Crippen molar-refractivity contribution >= 4 is 27.5 Å². The van der Waals surface area contributed by atoms with Crippen LogP contribution in [0.2, 0.25) is 0 Å². The maximum atomic E-state index is 11.8. The van der Waals surface area contributed by atoms with Gasteiger partial charge >= 0.3 is 10.8 Å². The monoisotopic (exact) mass is 317 g/mol. The predicted molar refractivity (Wildman–Crippen MR) is 85.7 cm³/mol. The van der Waals surface area contributed by atoms with Crippen LogP contribution in [-0.4, -0.2) is 25.4 Å². The van der Waals surface area contributed by atoms with E-state index < -0.39 is 5.97 Å². The fourth-order valence-electron chi connectivity index (χ4n) is 2.71. The van der Waals surface area contributed by atoms with Gasteiger partial charge in [-0.1, -0.05) is 11.3 Å². The van der Waals surface area contributed by atoms with Gasteiger partial charge in [0.2, 0.25) is 0 Å². The standard InChI is InChI=1S/C15H15N3O3S/c1-7-5-11-10(17(3)15(21)22-11)6-9(7)12-8(2)13(14(19)20)18(4)16-12/h5-6H,1-4H3,(H,19,20). The van der Waals surface area contributed by atoms with Gasteiger partial charge in [0.15, 0.2) is 0 Å². The minimum absolute atomic E-state index is 0.0180. The first-order valence-corrected chi connectivity index (χ1v) is 7.50. The second kappa shape index (κ2) is 4.81. The number of aryl methyl sites for hydroxylation is 3. The molecular weight excluding hydrogens is 302 g/mol. The summed E-state index contributed by atoms with van der Waals surface area (Å²) in [6.45, 7) is 3.69. The highest BCUT2D eigenvalue weighted by molar-refractivity contribution is 7.16. The molecule has 22 heavy (non-hydrogen) atoms. The minimum Gasteiger partial charge on any atom is -0.477 e. The summed E-state index contributed by atoms with van der Waals surface area (Å²) in [7, 11) is 3.35. The highest BCUT2D eigenvalue weighted by atomic mass is 32.1. The Bertz CT molecular complexity index is 978. The fourth-order valence-corrected chi connectivity index (χ4v) is 3.67. The van der Waals surface area contributed by atoms with Crippen molar-refractivity contribution in [2.45, 2.75) is 13.8 Å². The zero-order valence-electron chi connectivity index (χ0n) is 12.7. The van der Waals surface area contributed by atoms with Crippen molar-refractivity contribution in [3.63, 3.8) is 0 Å². The largest absolute Gasteiger partial charge is 0.477 e. The number of benzene rings is 1. The number of aromatic carboxylic acids is 1. The summed E-state index contributed by atoms with van der Waals surface area (Å²) in [4.78, 5) is 23.1. The zero-order chi connectivity index (χ0) is 16.2. The molecule has 0 spiro atoms. The molecule has 3 rings (SSSR count). The summed E-state index contributed by atoms with van der Waals surface area (Å²) in [6, 6.07) is 3.86. The second-order valence-corrected chi connectivity index (χ2v) is 6.31. The van der Waals surface area contributed by atoms with Gasteiger partial charge in [0.25, 0.3) is 0 Å². The number of carboxylic acid groups (broad SMARTS) is 1. The Hall–Kier alpha value is -2.41. The van der Waals surface area contributed by atoms with Crippen molar-refractivity contribution in [3.05, 3.63) is 38.6 Å². The smallest absolute Gasteiger partial charge is 0.354 e. The van der Waals surface area contributed by atoms with Crippen LogP contribution in [0.15, 0.2) is 16.9 Å². The Morgan fingerprint density at radius 1 is 1.27 bits per heavy atom. The molecule has 6 nitrogen and oxygen atoms in total. The Morgan fingerprint density at radius 2 is 1.95 bits per heavy atom. The number of carbonyl (C=O) groups is 1. The predicted octanol–water partition coefficient (Wildman–Crippen LogP) is 2.32. The van der Waals surface area contributed by atoms with E-state index in [-0.39, 0.29) is 10.6 Å². The van der Waals surface area contributed by atoms with E-state index in [9.17, 15) is 14.7 Å². The van der Waals surface area contributed by atoms with E-state index in [2.05, 4.69) is 5.10 Å². The summed E-state index contributed by atoms with van der Waals surface area (Å²) >= 11 is 1.20. The van der Waals surface area contributed by atoms with Gasteiger partial charge in [0.1, 0.15) is 5.69 Å². The summed E-state index contributed by atoms with van der Waals surface area (Å²) in [5, 5.41) is 13.6. The van der Waals surface area contributed by atoms with Gasteiger partial charge in [-0.2, -0.15) is 5.10 Å². The molecule has 7 heteroatoms.